The lowest BCUT2D eigenvalue weighted by Gasteiger charge is -2.15. The summed E-state index contributed by atoms with van der Waals surface area (Å²) < 4.78 is 0. The van der Waals surface area contributed by atoms with E-state index in [9.17, 15) is 0 Å². The molecule has 2 rings (SSSR count). The van der Waals surface area contributed by atoms with Crippen molar-refractivity contribution in [3.8, 4) is 0 Å². The van der Waals surface area contributed by atoms with Gasteiger partial charge in [-0.2, -0.15) is 0 Å². The quantitative estimate of drug-likeness (QED) is 0.526. The standard InChI is InChI=1S/C11H14N2/c12-13-8-9-5-6-10-3-1-2-4-11(10)7-9/h1-4,7,13H,5-6,8,12H2. The lowest BCUT2D eigenvalue weighted by atomic mass is 9.92. The summed E-state index contributed by atoms with van der Waals surface area (Å²) in [5, 5.41) is 0. The Kier molecular flexibility index (Phi) is 2.43. The van der Waals surface area contributed by atoms with Crippen molar-refractivity contribution in [2.75, 3.05) is 6.54 Å². The summed E-state index contributed by atoms with van der Waals surface area (Å²) in [6, 6.07) is 8.52. The largest absolute Gasteiger partial charge is 0.271 e. The first-order valence-electron chi connectivity index (χ1n) is 4.61. The normalized spacial score (nSPS) is 15.0. The van der Waals surface area contributed by atoms with Crippen molar-refractivity contribution in [1.82, 2.24) is 5.43 Å². The molecule has 0 aliphatic heterocycles. The molecule has 0 bridgehead atoms. The van der Waals surface area contributed by atoms with Crippen LogP contribution in [-0.4, -0.2) is 6.54 Å². The van der Waals surface area contributed by atoms with Crippen LogP contribution in [0.5, 0.6) is 0 Å². The van der Waals surface area contributed by atoms with Gasteiger partial charge in [0.1, 0.15) is 0 Å². The van der Waals surface area contributed by atoms with Crippen molar-refractivity contribution in [3.05, 3.63) is 41.0 Å². The van der Waals surface area contributed by atoms with Crippen LogP contribution < -0.4 is 11.3 Å². The highest BCUT2D eigenvalue weighted by molar-refractivity contribution is 5.59. The smallest absolute Gasteiger partial charge is 0.0311 e. The Bertz CT molecular complexity index is 329. The van der Waals surface area contributed by atoms with Gasteiger partial charge in [0.25, 0.3) is 0 Å². The molecule has 0 unspecified atom stereocenters. The van der Waals surface area contributed by atoms with Crippen molar-refractivity contribution < 1.29 is 0 Å². The molecule has 0 fully saturated rings. The molecule has 3 N–H and O–H groups in total. The van der Waals surface area contributed by atoms with E-state index in [0.717, 1.165) is 19.4 Å². The van der Waals surface area contributed by atoms with Crippen molar-refractivity contribution in [1.29, 1.82) is 0 Å². The second-order valence-corrected chi connectivity index (χ2v) is 3.38. The van der Waals surface area contributed by atoms with Gasteiger partial charge in [0.2, 0.25) is 0 Å². The summed E-state index contributed by atoms with van der Waals surface area (Å²) in [4.78, 5) is 0. The average molecular weight is 174 g/mol. The van der Waals surface area contributed by atoms with E-state index in [-0.39, 0.29) is 0 Å². The highest BCUT2D eigenvalue weighted by Crippen LogP contribution is 2.22. The number of hydrogen-bond donors (Lipinski definition) is 2. The number of hydrogen-bond acceptors (Lipinski definition) is 2. The van der Waals surface area contributed by atoms with E-state index in [1.165, 1.54) is 16.7 Å². The predicted molar refractivity (Wildman–Crippen MR) is 54.9 cm³/mol. The number of benzene rings is 1. The Balaban J connectivity index is 2.28. The molecule has 68 valence electrons. The van der Waals surface area contributed by atoms with Crippen LogP contribution in [-0.2, 0) is 6.42 Å². The number of hydrazine groups is 1. The van der Waals surface area contributed by atoms with Crippen LogP contribution in [0.4, 0.5) is 0 Å². The minimum Gasteiger partial charge on any atom is -0.271 e. The number of aryl methyl sites for hydroxylation is 1. The fourth-order valence-corrected chi connectivity index (χ4v) is 1.76. The zero-order valence-electron chi connectivity index (χ0n) is 7.59. The van der Waals surface area contributed by atoms with Gasteiger partial charge in [-0.25, -0.2) is 0 Å². The van der Waals surface area contributed by atoms with E-state index in [4.69, 9.17) is 5.84 Å². The van der Waals surface area contributed by atoms with Gasteiger partial charge in [0.15, 0.2) is 0 Å². The Hall–Kier alpha value is -1.12. The number of nitrogens with one attached hydrogen (secondary N) is 1. The van der Waals surface area contributed by atoms with Crippen LogP contribution >= 0.6 is 0 Å². The number of fused-ring (bicyclic) bond motifs is 1. The first-order valence-corrected chi connectivity index (χ1v) is 4.61. The summed E-state index contributed by atoms with van der Waals surface area (Å²) in [5.41, 5.74) is 6.88. The van der Waals surface area contributed by atoms with Crippen molar-refractivity contribution in [3.63, 3.8) is 0 Å². The minimum atomic E-state index is 0.800. The summed E-state index contributed by atoms with van der Waals surface area (Å²) >= 11 is 0. The van der Waals surface area contributed by atoms with Crippen LogP contribution in [0.25, 0.3) is 6.08 Å². The van der Waals surface area contributed by atoms with E-state index in [2.05, 4.69) is 35.8 Å². The molecule has 2 heteroatoms. The highest BCUT2D eigenvalue weighted by Gasteiger charge is 2.08. The van der Waals surface area contributed by atoms with Crippen molar-refractivity contribution in [2.24, 2.45) is 5.84 Å². The second-order valence-electron chi connectivity index (χ2n) is 3.38. The first kappa shape index (κ1) is 8.48. The molecule has 0 heterocycles. The molecule has 0 amide bonds. The molecule has 2 nitrogen and oxygen atoms in total. The molecule has 0 atom stereocenters. The fraction of sp³-hybridized carbons (Fsp3) is 0.273. The van der Waals surface area contributed by atoms with Crippen LogP contribution in [0.2, 0.25) is 0 Å². The Morgan fingerprint density at radius 1 is 1.23 bits per heavy atom. The maximum absolute atomic E-state index is 5.29. The fourth-order valence-electron chi connectivity index (χ4n) is 1.76. The van der Waals surface area contributed by atoms with Gasteiger partial charge in [-0.15, -0.1) is 0 Å². The SMILES string of the molecule is NNCC1=Cc2ccccc2CC1. The maximum Gasteiger partial charge on any atom is 0.0311 e. The predicted octanol–water partition coefficient (Wildman–Crippen LogP) is 1.48. The van der Waals surface area contributed by atoms with Crippen LogP contribution in [0.3, 0.4) is 0 Å². The van der Waals surface area contributed by atoms with Gasteiger partial charge in [0, 0.05) is 6.54 Å². The summed E-state index contributed by atoms with van der Waals surface area (Å²) in [6.07, 6.45) is 4.50. The Morgan fingerprint density at radius 2 is 2.08 bits per heavy atom. The van der Waals surface area contributed by atoms with Gasteiger partial charge in [0.05, 0.1) is 0 Å². The summed E-state index contributed by atoms with van der Waals surface area (Å²) in [5.74, 6) is 5.29. The molecule has 13 heavy (non-hydrogen) atoms. The van der Waals surface area contributed by atoms with Gasteiger partial charge in [-0.1, -0.05) is 35.9 Å². The van der Waals surface area contributed by atoms with Crippen LogP contribution in [0, 0.1) is 0 Å². The number of rotatable bonds is 2. The lowest BCUT2D eigenvalue weighted by molar-refractivity contribution is 0.756. The third kappa shape index (κ3) is 1.79. The molecule has 0 saturated carbocycles. The van der Waals surface area contributed by atoms with Gasteiger partial charge in [-0.05, 0) is 24.0 Å². The van der Waals surface area contributed by atoms with E-state index < -0.39 is 0 Å². The van der Waals surface area contributed by atoms with E-state index in [1.807, 2.05) is 0 Å². The lowest BCUT2D eigenvalue weighted by Crippen LogP contribution is -2.25. The maximum atomic E-state index is 5.29. The Morgan fingerprint density at radius 3 is 2.92 bits per heavy atom. The van der Waals surface area contributed by atoms with Gasteiger partial charge < -0.3 is 0 Å². The molecule has 0 spiro atoms. The second kappa shape index (κ2) is 3.73. The summed E-state index contributed by atoms with van der Waals surface area (Å²) in [7, 11) is 0. The molecule has 1 aliphatic rings. The van der Waals surface area contributed by atoms with Gasteiger partial charge >= 0.3 is 0 Å². The minimum absolute atomic E-state index is 0.800. The summed E-state index contributed by atoms with van der Waals surface area (Å²) in [6.45, 7) is 0.800. The molecule has 0 aromatic heterocycles. The van der Waals surface area contributed by atoms with E-state index in [1.54, 1.807) is 0 Å². The van der Waals surface area contributed by atoms with Crippen molar-refractivity contribution in [2.45, 2.75) is 12.8 Å². The molecule has 0 radical (unpaired) electrons. The zero-order valence-corrected chi connectivity index (χ0v) is 7.59. The topological polar surface area (TPSA) is 38.0 Å². The molecular formula is C11H14N2. The zero-order chi connectivity index (χ0) is 9.10. The van der Waals surface area contributed by atoms with Crippen molar-refractivity contribution >= 4 is 6.08 Å². The van der Waals surface area contributed by atoms with E-state index >= 15 is 0 Å². The highest BCUT2D eigenvalue weighted by atomic mass is 15.2. The Labute approximate surface area is 78.4 Å². The van der Waals surface area contributed by atoms with Gasteiger partial charge in [-0.3, -0.25) is 11.3 Å². The third-order valence-corrected chi connectivity index (χ3v) is 2.46. The van der Waals surface area contributed by atoms with Crippen LogP contribution in [0.1, 0.15) is 17.5 Å². The number of nitrogens with two attached hydrogens (primary N) is 1. The van der Waals surface area contributed by atoms with Crippen LogP contribution in [0.15, 0.2) is 29.8 Å². The first-order chi connectivity index (χ1) is 6.40. The monoisotopic (exact) mass is 174 g/mol. The van der Waals surface area contributed by atoms with E-state index in [0.29, 0.717) is 0 Å². The molecule has 0 saturated heterocycles. The third-order valence-electron chi connectivity index (χ3n) is 2.46. The molecule has 1 aromatic carbocycles. The molecular weight excluding hydrogens is 160 g/mol. The molecule has 1 aliphatic carbocycles. The average Bonchev–Trinajstić information content (AvgIpc) is 2.18. The molecule has 1 aromatic rings.